The first-order valence-corrected chi connectivity index (χ1v) is 10.2. The van der Waals surface area contributed by atoms with Crippen molar-refractivity contribution >= 4 is 33.9 Å². The standard InChI is InChI=1S/C21H24BrNO3/c22-18-3-1-2-14(9-18)4-5-20(25)26-13-19(24)23-21-10-15-6-16(11-21)8-17(7-15)12-21/h1-5,9,15-17H,6-8,10-13H2,(H,23,24). The van der Waals surface area contributed by atoms with Crippen LogP contribution in [0.5, 0.6) is 0 Å². The Balaban J connectivity index is 1.27. The molecular weight excluding hydrogens is 394 g/mol. The fourth-order valence-electron chi connectivity index (χ4n) is 5.55. The van der Waals surface area contributed by atoms with Gasteiger partial charge in [0.2, 0.25) is 0 Å². The van der Waals surface area contributed by atoms with Crippen molar-refractivity contribution in [2.45, 2.75) is 44.1 Å². The molecule has 4 aliphatic rings. The van der Waals surface area contributed by atoms with E-state index in [9.17, 15) is 9.59 Å². The number of benzene rings is 1. The SMILES string of the molecule is O=C(COC(=O)C=Cc1cccc(Br)c1)NC12CC3CC(CC(C3)C1)C2. The Hall–Kier alpha value is -1.62. The van der Waals surface area contributed by atoms with E-state index in [0.29, 0.717) is 0 Å². The zero-order chi connectivity index (χ0) is 18.1. The van der Waals surface area contributed by atoms with Gasteiger partial charge < -0.3 is 10.1 Å². The average molecular weight is 418 g/mol. The first-order valence-electron chi connectivity index (χ1n) is 9.41. The Morgan fingerprint density at radius 2 is 1.81 bits per heavy atom. The van der Waals surface area contributed by atoms with Crippen molar-refractivity contribution in [3.8, 4) is 0 Å². The van der Waals surface area contributed by atoms with Crippen LogP contribution in [0.2, 0.25) is 0 Å². The summed E-state index contributed by atoms with van der Waals surface area (Å²) in [7, 11) is 0. The van der Waals surface area contributed by atoms with E-state index in [2.05, 4.69) is 21.2 Å². The Morgan fingerprint density at radius 1 is 1.15 bits per heavy atom. The van der Waals surface area contributed by atoms with E-state index < -0.39 is 5.97 Å². The lowest BCUT2D eigenvalue weighted by Crippen LogP contribution is -2.60. The Bertz CT molecular complexity index is 707. The number of carbonyl (C=O) groups excluding carboxylic acids is 2. The average Bonchev–Trinajstić information content (AvgIpc) is 2.56. The van der Waals surface area contributed by atoms with Crippen LogP contribution in [0.4, 0.5) is 0 Å². The molecule has 0 aromatic heterocycles. The summed E-state index contributed by atoms with van der Waals surface area (Å²) in [6.07, 6.45) is 10.4. The molecule has 138 valence electrons. The van der Waals surface area contributed by atoms with E-state index in [0.717, 1.165) is 47.1 Å². The number of nitrogens with one attached hydrogen (secondary N) is 1. The van der Waals surface area contributed by atoms with E-state index in [1.165, 1.54) is 25.3 Å². The zero-order valence-corrected chi connectivity index (χ0v) is 16.3. The largest absolute Gasteiger partial charge is 0.452 e. The van der Waals surface area contributed by atoms with Gasteiger partial charge in [-0.3, -0.25) is 4.79 Å². The molecule has 1 N–H and O–H groups in total. The summed E-state index contributed by atoms with van der Waals surface area (Å²) in [5.74, 6) is 1.66. The Kier molecular flexibility index (Phi) is 4.91. The molecule has 0 unspecified atom stereocenters. The third kappa shape index (κ3) is 4.03. The van der Waals surface area contributed by atoms with Gasteiger partial charge in [-0.05, 0) is 80.1 Å². The topological polar surface area (TPSA) is 55.4 Å². The minimum atomic E-state index is -0.495. The van der Waals surface area contributed by atoms with Gasteiger partial charge in [0.15, 0.2) is 6.61 Å². The number of ether oxygens (including phenoxy) is 1. The van der Waals surface area contributed by atoms with Crippen LogP contribution < -0.4 is 5.32 Å². The highest BCUT2D eigenvalue weighted by molar-refractivity contribution is 9.10. The van der Waals surface area contributed by atoms with Gasteiger partial charge in [0.25, 0.3) is 5.91 Å². The Labute approximate surface area is 162 Å². The smallest absolute Gasteiger partial charge is 0.331 e. The summed E-state index contributed by atoms with van der Waals surface area (Å²) in [5.41, 5.74) is 0.860. The predicted molar refractivity (Wildman–Crippen MR) is 103 cm³/mol. The van der Waals surface area contributed by atoms with Crippen molar-refractivity contribution in [3.05, 3.63) is 40.4 Å². The van der Waals surface area contributed by atoms with E-state index in [4.69, 9.17) is 4.74 Å². The zero-order valence-electron chi connectivity index (χ0n) is 14.7. The fraction of sp³-hybridized carbons (Fsp3) is 0.524. The molecule has 0 atom stereocenters. The molecule has 5 heteroatoms. The third-order valence-corrected chi connectivity index (χ3v) is 6.54. The second kappa shape index (κ2) is 7.18. The molecule has 4 nitrogen and oxygen atoms in total. The van der Waals surface area contributed by atoms with Crippen molar-refractivity contribution in [3.63, 3.8) is 0 Å². The highest BCUT2D eigenvalue weighted by atomic mass is 79.9. The van der Waals surface area contributed by atoms with Crippen molar-refractivity contribution in [2.75, 3.05) is 6.61 Å². The number of rotatable bonds is 5. The molecule has 1 aromatic carbocycles. The molecule has 5 rings (SSSR count). The summed E-state index contributed by atoms with van der Waals surface area (Å²) in [4.78, 5) is 24.2. The molecule has 1 aromatic rings. The fourth-order valence-corrected chi connectivity index (χ4v) is 5.97. The van der Waals surface area contributed by atoms with Crippen LogP contribution in [-0.4, -0.2) is 24.0 Å². The van der Waals surface area contributed by atoms with Gasteiger partial charge in [-0.1, -0.05) is 28.1 Å². The molecule has 4 bridgehead atoms. The second-order valence-corrected chi connectivity index (χ2v) is 9.16. The summed E-state index contributed by atoms with van der Waals surface area (Å²) in [6, 6.07) is 7.62. The predicted octanol–water partition coefficient (Wildman–Crippen LogP) is 4.09. The molecule has 0 spiro atoms. The number of amides is 1. The number of hydrogen-bond acceptors (Lipinski definition) is 3. The molecule has 0 aliphatic heterocycles. The van der Waals surface area contributed by atoms with Crippen molar-refractivity contribution in [1.82, 2.24) is 5.32 Å². The van der Waals surface area contributed by atoms with Gasteiger partial charge in [0, 0.05) is 16.1 Å². The van der Waals surface area contributed by atoms with E-state index in [-0.39, 0.29) is 18.1 Å². The first-order chi connectivity index (χ1) is 12.5. The lowest BCUT2D eigenvalue weighted by atomic mass is 9.53. The van der Waals surface area contributed by atoms with Crippen LogP contribution in [-0.2, 0) is 14.3 Å². The monoisotopic (exact) mass is 417 g/mol. The maximum absolute atomic E-state index is 12.3. The van der Waals surface area contributed by atoms with Gasteiger partial charge in [-0.25, -0.2) is 4.79 Å². The van der Waals surface area contributed by atoms with E-state index in [1.807, 2.05) is 24.3 Å². The molecular formula is C21H24BrNO3. The molecule has 4 fully saturated rings. The van der Waals surface area contributed by atoms with Gasteiger partial charge in [-0.2, -0.15) is 0 Å². The van der Waals surface area contributed by atoms with Crippen LogP contribution in [0.25, 0.3) is 6.08 Å². The lowest BCUT2D eigenvalue weighted by Gasteiger charge is -2.56. The molecule has 0 heterocycles. The van der Waals surface area contributed by atoms with Crippen LogP contribution in [0.3, 0.4) is 0 Å². The maximum Gasteiger partial charge on any atom is 0.331 e. The molecule has 0 radical (unpaired) electrons. The number of carbonyl (C=O) groups is 2. The van der Waals surface area contributed by atoms with E-state index >= 15 is 0 Å². The van der Waals surface area contributed by atoms with Crippen molar-refractivity contribution in [2.24, 2.45) is 17.8 Å². The third-order valence-electron chi connectivity index (χ3n) is 6.05. The van der Waals surface area contributed by atoms with Crippen molar-refractivity contribution in [1.29, 1.82) is 0 Å². The molecule has 0 saturated heterocycles. The highest BCUT2D eigenvalue weighted by Gasteiger charge is 2.51. The maximum atomic E-state index is 12.3. The van der Waals surface area contributed by atoms with Crippen LogP contribution in [0.15, 0.2) is 34.8 Å². The van der Waals surface area contributed by atoms with Gasteiger partial charge in [0.05, 0.1) is 0 Å². The molecule has 26 heavy (non-hydrogen) atoms. The Morgan fingerprint density at radius 3 is 2.42 bits per heavy atom. The van der Waals surface area contributed by atoms with Gasteiger partial charge in [0.1, 0.15) is 0 Å². The summed E-state index contributed by atoms with van der Waals surface area (Å²) in [5, 5.41) is 3.21. The second-order valence-electron chi connectivity index (χ2n) is 8.24. The van der Waals surface area contributed by atoms with E-state index in [1.54, 1.807) is 6.08 Å². The quantitative estimate of drug-likeness (QED) is 0.579. The highest BCUT2D eigenvalue weighted by Crippen LogP contribution is 2.55. The molecule has 4 saturated carbocycles. The van der Waals surface area contributed by atoms with Crippen LogP contribution >= 0.6 is 15.9 Å². The minimum Gasteiger partial charge on any atom is -0.452 e. The van der Waals surface area contributed by atoms with Gasteiger partial charge >= 0.3 is 5.97 Å². The summed E-state index contributed by atoms with van der Waals surface area (Å²) >= 11 is 3.39. The first kappa shape index (κ1) is 17.8. The number of halogens is 1. The number of hydrogen-bond donors (Lipinski definition) is 1. The van der Waals surface area contributed by atoms with Crippen LogP contribution in [0, 0.1) is 17.8 Å². The molecule has 4 aliphatic carbocycles. The van der Waals surface area contributed by atoms with Crippen LogP contribution in [0.1, 0.15) is 44.1 Å². The summed E-state index contributed by atoms with van der Waals surface area (Å²) in [6.45, 7) is -0.205. The molecule has 1 amide bonds. The van der Waals surface area contributed by atoms with Gasteiger partial charge in [-0.15, -0.1) is 0 Å². The normalized spacial score (nSPS) is 32.0. The summed E-state index contributed by atoms with van der Waals surface area (Å²) < 4.78 is 6.07. The number of esters is 1. The lowest BCUT2D eigenvalue weighted by molar-refractivity contribution is -0.145. The minimum absolute atomic E-state index is 0.0373. The van der Waals surface area contributed by atoms with Crippen molar-refractivity contribution < 1.29 is 14.3 Å².